The van der Waals surface area contributed by atoms with Gasteiger partial charge >= 0.3 is 6.18 Å². The molecule has 0 bridgehead atoms. The van der Waals surface area contributed by atoms with Crippen molar-refractivity contribution in [2.45, 2.75) is 38.0 Å². The predicted molar refractivity (Wildman–Crippen MR) is 63.4 cm³/mol. The number of nitrogens with zero attached hydrogens (tertiary/aromatic N) is 2. The van der Waals surface area contributed by atoms with Gasteiger partial charge in [0.15, 0.2) is 5.69 Å². The number of nitrogens with one attached hydrogen (secondary N) is 1. The van der Waals surface area contributed by atoms with Crippen LogP contribution < -0.4 is 5.32 Å². The Morgan fingerprint density at radius 1 is 1.47 bits per heavy atom. The lowest BCUT2D eigenvalue weighted by Crippen LogP contribution is -2.53. The molecule has 1 heterocycles. The summed E-state index contributed by atoms with van der Waals surface area (Å²) in [4.78, 5) is 0. The van der Waals surface area contributed by atoms with E-state index in [0.29, 0.717) is 12.5 Å². The number of hydrogen-bond donors (Lipinski definition) is 2. The number of likely N-dealkylation sites (N-methyl/N-ethyl adjacent to an activating group) is 1. The van der Waals surface area contributed by atoms with Crippen molar-refractivity contribution in [3.63, 3.8) is 0 Å². The summed E-state index contributed by atoms with van der Waals surface area (Å²) in [6.45, 7) is 2.71. The summed E-state index contributed by atoms with van der Waals surface area (Å²) in [5, 5.41) is 16.4. The van der Waals surface area contributed by atoms with Gasteiger partial charge in [-0.1, -0.05) is 6.92 Å². The van der Waals surface area contributed by atoms with Gasteiger partial charge in [-0.2, -0.15) is 18.3 Å². The smallest absolute Gasteiger partial charge is 0.394 e. The molecule has 2 rings (SSSR count). The summed E-state index contributed by atoms with van der Waals surface area (Å²) in [5.41, 5.74) is -1.46. The summed E-state index contributed by atoms with van der Waals surface area (Å²) < 4.78 is 38.7. The maximum atomic E-state index is 12.5. The lowest BCUT2D eigenvalue weighted by molar-refractivity contribution is -0.141. The number of aromatic nitrogens is 2. The molecule has 0 saturated heterocycles. The highest BCUT2D eigenvalue weighted by Gasteiger charge is 2.45. The van der Waals surface area contributed by atoms with E-state index in [4.69, 9.17) is 0 Å². The van der Waals surface area contributed by atoms with Crippen LogP contribution in [0.5, 0.6) is 0 Å². The monoisotopic (exact) mass is 277 g/mol. The quantitative estimate of drug-likeness (QED) is 0.831. The maximum absolute atomic E-state index is 12.5. The van der Waals surface area contributed by atoms with Gasteiger partial charge in [0, 0.05) is 6.20 Å². The largest absolute Gasteiger partial charge is 0.435 e. The van der Waals surface area contributed by atoms with Gasteiger partial charge < -0.3 is 10.4 Å². The minimum Gasteiger partial charge on any atom is -0.394 e. The van der Waals surface area contributed by atoms with Crippen molar-refractivity contribution in [3.8, 4) is 0 Å². The molecule has 0 radical (unpaired) electrons. The third kappa shape index (κ3) is 3.09. The Morgan fingerprint density at radius 2 is 2.16 bits per heavy atom. The second-order valence-electron chi connectivity index (χ2n) is 5.02. The number of aliphatic hydroxyl groups is 1. The average Bonchev–Trinajstić information content (AvgIpc) is 3.08. The molecule has 1 aromatic rings. The van der Waals surface area contributed by atoms with E-state index in [-0.39, 0.29) is 13.2 Å². The molecule has 1 aliphatic carbocycles. The van der Waals surface area contributed by atoms with Gasteiger partial charge in [0.1, 0.15) is 0 Å². The Kier molecular flexibility index (Phi) is 3.87. The Bertz CT molecular complexity index is 428. The van der Waals surface area contributed by atoms with Crippen LogP contribution in [-0.4, -0.2) is 33.6 Å². The molecule has 1 aliphatic rings. The van der Waals surface area contributed by atoms with Gasteiger partial charge in [-0.15, -0.1) is 0 Å². The van der Waals surface area contributed by atoms with Crippen molar-refractivity contribution in [3.05, 3.63) is 18.0 Å². The van der Waals surface area contributed by atoms with Gasteiger partial charge in [-0.3, -0.25) is 4.68 Å². The molecule has 0 amide bonds. The summed E-state index contributed by atoms with van der Waals surface area (Å²) in [6.07, 6.45) is -1.14. The van der Waals surface area contributed by atoms with Crippen LogP contribution in [0.15, 0.2) is 12.3 Å². The molecular weight excluding hydrogens is 259 g/mol. The van der Waals surface area contributed by atoms with Crippen LogP contribution in [-0.2, 0) is 12.7 Å². The lowest BCUT2D eigenvalue weighted by Gasteiger charge is -2.33. The molecule has 7 heteroatoms. The fourth-order valence-electron chi connectivity index (χ4n) is 2.44. The normalized spacial score (nSPS) is 19.4. The van der Waals surface area contributed by atoms with Crippen molar-refractivity contribution >= 4 is 0 Å². The average molecular weight is 277 g/mol. The first kappa shape index (κ1) is 14.3. The number of aliphatic hydroxyl groups excluding tert-OH is 1. The zero-order valence-corrected chi connectivity index (χ0v) is 10.7. The van der Waals surface area contributed by atoms with Gasteiger partial charge in [0.25, 0.3) is 0 Å². The third-order valence-electron chi connectivity index (χ3n) is 3.55. The van der Waals surface area contributed by atoms with Crippen molar-refractivity contribution in [1.29, 1.82) is 0 Å². The number of alkyl halides is 3. The van der Waals surface area contributed by atoms with E-state index in [9.17, 15) is 18.3 Å². The topological polar surface area (TPSA) is 50.1 Å². The summed E-state index contributed by atoms with van der Waals surface area (Å²) in [5.74, 6) is 0.302. The molecule has 0 aromatic carbocycles. The molecule has 1 atom stereocenters. The van der Waals surface area contributed by atoms with Crippen molar-refractivity contribution in [2.75, 3.05) is 13.2 Å². The predicted octanol–water partition coefficient (Wildman–Crippen LogP) is 1.65. The molecule has 0 spiro atoms. The van der Waals surface area contributed by atoms with Crippen LogP contribution in [0.1, 0.15) is 25.5 Å². The standard InChI is InChI=1S/C12H18F3N3O/c1-2-16-11(8-19,9-3-4-9)7-18-6-5-10(17-18)12(13,14)15/h5-6,9,16,19H,2-4,7-8H2,1H3. The van der Waals surface area contributed by atoms with Crippen molar-refractivity contribution in [2.24, 2.45) is 5.92 Å². The Morgan fingerprint density at radius 3 is 2.58 bits per heavy atom. The third-order valence-corrected chi connectivity index (χ3v) is 3.55. The zero-order chi connectivity index (χ0) is 14.1. The SMILES string of the molecule is CCNC(CO)(Cn1ccc(C(F)(F)F)n1)C1CC1. The maximum Gasteiger partial charge on any atom is 0.435 e. The van der Waals surface area contributed by atoms with Crippen molar-refractivity contribution in [1.82, 2.24) is 15.1 Å². The number of rotatable bonds is 6. The van der Waals surface area contributed by atoms with Crippen molar-refractivity contribution < 1.29 is 18.3 Å². The van der Waals surface area contributed by atoms with E-state index in [1.165, 1.54) is 10.9 Å². The molecule has 2 N–H and O–H groups in total. The van der Waals surface area contributed by atoms with E-state index >= 15 is 0 Å². The molecule has 19 heavy (non-hydrogen) atoms. The first-order chi connectivity index (χ1) is 8.91. The first-order valence-corrected chi connectivity index (χ1v) is 6.38. The summed E-state index contributed by atoms with van der Waals surface area (Å²) in [7, 11) is 0. The van der Waals surface area contributed by atoms with E-state index in [1.807, 2.05) is 6.92 Å². The van der Waals surface area contributed by atoms with Gasteiger partial charge in [0.05, 0.1) is 18.7 Å². The molecule has 0 aliphatic heterocycles. The fraction of sp³-hybridized carbons (Fsp3) is 0.750. The molecule has 1 fully saturated rings. The highest BCUT2D eigenvalue weighted by molar-refractivity contribution is 5.06. The van der Waals surface area contributed by atoms with Crippen LogP contribution in [0.25, 0.3) is 0 Å². The zero-order valence-electron chi connectivity index (χ0n) is 10.7. The van der Waals surface area contributed by atoms with E-state index in [2.05, 4.69) is 10.4 Å². The Labute approximate surface area is 109 Å². The minimum absolute atomic E-state index is 0.104. The van der Waals surface area contributed by atoms with Gasteiger partial charge in [0.2, 0.25) is 0 Å². The molecule has 1 aromatic heterocycles. The van der Waals surface area contributed by atoms with Crippen LogP contribution in [0.3, 0.4) is 0 Å². The second-order valence-corrected chi connectivity index (χ2v) is 5.02. The van der Waals surface area contributed by atoms with Crippen LogP contribution in [0, 0.1) is 5.92 Å². The van der Waals surface area contributed by atoms with Gasteiger partial charge in [-0.05, 0) is 31.4 Å². The number of halogens is 3. The van der Waals surface area contributed by atoms with E-state index in [1.54, 1.807) is 0 Å². The Balaban J connectivity index is 2.15. The van der Waals surface area contributed by atoms with Gasteiger partial charge in [-0.25, -0.2) is 0 Å². The van der Waals surface area contributed by atoms with Crippen LogP contribution >= 0.6 is 0 Å². The van der Waals surface area contributed by atoms with E-state index < -0.39 is 17.4 Å². The molecule has 1 saturated carbocycles. The van der Waals surface area contributed by atoms with E-state index in [0.717, 1.165) is 18.9 Å². The fourth-order valence-corrected chi connectivity index (χ4v) is 2.44. The summed E-state index contributed by atoms with van der Waals surface area (Å²) in [6, 6.07) is 0.959. The minimum atomic E-state index is -4.43. The molecule has 1 unspecified atom stereocenters. The molecular formula is C12H18F3N3O. The lowest BCUT2D eigenvalue weighted by atomic mass is 9.94. The highest BCUT2D eigenvalue weighted by atomic mass is 19.4. The highest BCUT2D eigenvalue weighted by Crippen LogP contribution is 2.40. The van der Waals surface area contributed by atoms with Crippen LogP contribution in [0.2, 0.25) is 0 Å². The molecule has 108 valence electrons. The Hall–Kier alpha value is -1.08. The van der Waals surface area contributed by atoms with Crippen LogP contribution in [0.4, 0.5) is 13.2 Å². The molecule has 4 nitrogen and oxygen atoms in total. The number of hydrogen-bond acceptors (Lipinski definition) is 3. The summed E-state index contributed by atoms with van der Waals surface area (Å²) >= 11 is 0. The second kappa shape index (κ2) is 5.13. The first-order valence-electron chi connectivity index (χ1n) is 6.38.